The van der Waals surface area contributed by atoms with Crippen LogP contribution in [0.3, 0.4) is 0 Å². The van der Waals surface area contributed by atoms with E-state index >= 15 is 0 Å². The molecule has 4 heteroatoms. The number of Topliss-reactive ketones (excluding diaryl/α,β-unsaturated/α-hetero) is 1. The molecule has 0 radical (unpaired) electrons. The van der Waals surface area contributed by atoms with Gasteiger partial charge in [0.15, 0.2) is 0 Å². The first-order chi connectivity index (χ1) is 7.75. The van der Waals surface area contributed by atoms with Crippen LogP contribution in [0.5, 0.6) is 0 Å². The highest BCUT2D eigenvalue weighted by molar-refractivity contribution is 5.77. The molecule has 1 aliphatic rings. The third-order valence-corrected chi connectivity index (χ3v) is 2.79. The van der Waals surface area contributed by atoms with E-state index in [1.54, 1.807) is 6.92 Å². The number of carbonyl (C=O) groups is 1. The Morgan fingerprint density at radius 2 is 2.06 bits per heavy atom. The lowest BCUT2D eigenvalue weighted by atomic mass is 10.3. The summed E-state index contributed by atoms with van der Waals surface area (Å²) in [6.07, 6.45) is 1.82. The molecule has 2 heterocycles. The van der Waals surface area contributed by atoms with Gasteiger partial charge in [-0.3, -0.25) is 9.69 Å². The summed E-state index contributed by atoms with van der Waals surface area (Å²) in [4.78, 5) is 19.8. The molecule has 2 rings (SSSR count). The zero-order valence-electron chi connectivity index (χ0n) is 9.59. The third-order valence-electron chi connectivity index (χ3n) is 2.79. The number of anilines is 1. The summed E-state index contributed by atoms with van der Waals surface area (Å²) < 4.78 is 0. The second-order valence-electron chi connectivity index (χ2n) is 4.15. The van der Waals surface area contributed by atoms with Crippen LogP contribution in [0.1, 0.15) is 6.92 Å². The zero-order chi connectivity index (χ0) is 11.4. The van der Waals surface area contributed by atoms with Crippen LogP contribution in [0.25, 0.3) is 0 Å². The fourth-order valence-corrected chi connectivity index (χ4v) is 1.99. The van der Waals surface area contributed by atoms with Gasteiger partial charge in [-0.1, -0.05) is 6.07 Å². The number of ketones is 1. The Hall–Kier alpha value is -1.42. The van der Waals surface area contributed by atoms with E-state index in [-0.39, 0.29) is 5.78 Å². The predicted molar refractivity (Wildman–Crippen MR) is 63.6 cm³/mol. The van der Waals surface area contributed by atoms with Crippen LogP contribution >= 0.6 is 0 Å². The molecule has 0 unspecified atom stereocenters. The number of pyridine rings is 1. The van der Waals surface area contributed by atoms with Gasteiger partial charge in [0.25, 0.3) is 0 Å². The van der Waals surface area contributed by atoms with E-state index in [1.807, 2.05) is 24.4 Å². The fourth-order valence-electron chi connectivity index (χ4n) is 1.99. The number of rotatable bonds is 3. The average Bonchev–Trinajstić information content (AvgIpc) is 2.30. The largest absolute Gasteiger partial charge is 0.354 e. The van der Waals surface area contributed by atoms with Crippen molar-refractivity contribution in [1.29, 1.82) is 0 Å². The molecule has 0 amide bonds. The maximum absolute atomic E-state index is 11.0. The SMILES string of the molecule is CC(=O)CN1CCN(c2ccccn2)CC1. The Morgan fingerprint density at radius 1 is 1.31 bits per heavy atom. The lowest BCUT2D eigenvalue weighted by Crippen LogP contribution is -2.47. The first-order valence-electron chi connectivity index (χ1n) is 5.63. The van der Waals surface area contributed by atoms with Gasteiger partial charge in [0.05, 0.1) is 6.54 Å². The minimum absolute atomic E-state index is 0.242. The summed E-state index contributed by atoms with van der Waals surface area (Å²) in [6, 6.07) is 5.96. The maximum atomic E-state index is 11.0. The molecule has 1 aromatic rings. The maximum Gasteiger partial charge on any atom is 0.143 e. The normalized spacial score (nSPS) is 17.4. The van der Waals surface area contributed by atoms with Gasteiger partial charge in [-0.25, -0.2) is 4.98 Å². The lowest BCUT2D eigenvalue weighted by Gasteiger charge is -2.34. The van der Waals surface area contributed by atoms with E-state index in [9.17, 15) is 4.79 Å². The van der Waals surface area contributed by atoms with Gasteiger partial charge in [-0.05, 0) is 19.1 Å². The van der Waals surface area contributed by atoms with Crippen LogP contribution in [0.2, 0.25) is 0 Å². The van der Waals surface area contributed by atoms with E-state index in [2.05, 4.69) is 14.8 Å². The first-order valence-corrected chi connectivity index (χ1v) is 5.63. The molecule has 1 aliphatic heterocycles. The molecule has 86 valence electrons. The monoisotopic (exact) mass is 219 g/mol. The summed E-state index contributed by atoms with van der Waals surface area (Å²) in [7, 11) is 0. The molecule has 4 nitrogen and oxygen atoms in total. The van der Waals surface area contributed by atoms with Crippen LogP contribution in [0.4, 0.5) is 5.82 Å². The molecule has 0 bridgehead atoms. The zero-order valence-corrected chi connectivity index (χ0v) is 9.59. The Kier molecular flexibility index (Phi) is 3.51. The summed E-state index contributed by atoms with van der Waals surface area (Å²) in [5.74, 6) is 1.27. The van der Waals surface area contributed by atoms with Crippen molar-refractivity contribution in [3.05, 3.63) is 24.4 Å². The van der Waals surface area contributed by atoms with Crippen LogP contribution in [0.15, 0.2) is 24.4 Å². The minimum Gasteiger partial charge on any atom is -0.354 e. The minimum atomic E-state index is 0.242. The van der Waals surface area contributed by atoms with Crippen molar-refractivity contribution in [2.75, 3.05) is 37.6 Å². The van der Waals surface area contributed by atoms with Gasteiger partial charge in [-0.2, -0.15) is 0 Å². The molecule has 0 saturated carbocycles. The average molecular weight is 219 g/mol. The number of hydrogen-bond donors (Lipinski definition) is 0. The Bertz CT molecular complexity index is 345. The molecule has 1 saturated heterocycles. The number of piperazine rings is 1. The van der Waals surface area contributed by atoms with Gasteiger partial charge in [0, 0.05) is 32.4 Å². The molecule has 0 N–H and O–H groups in total. The van der Waals surface area contributed by atoms with E-state index < -0.39 is 0 Å². The molecule has 16 heavy (non-hydrogen) atoms. The quantitative estimate of drug-likeness (QED) is 0.753. The lowest BCUT2D eigenvalue weighted by molar-refractivity contribution is -0.118. The Labute approximate surface area is 95.9 Å². The molecule has 1 aromatic heterocycles. The molecule has 0 atom stereocenters. The fraction of sp³-hybridized carbons (Fsp3) is 0.500. The topological polar surface area (TPSA) is 36.4 Å². The molecule has 1 fully saturated rings. The van der Waals surface area contributed by atoms with E-state index in [1.165, 1.54) is 0 Å². The van der Waals surface area contributed by atoms with Gasteiger partial charge < -0.3 is 4.90 Å². The molecular weight excluding hydrogens is 202 g/mol. The third kappa shape index (κ3) is 2.79. The molecule has 0 aliphatic carbocycles. The number of aromatic nitrogens is 1. The highest BCUT2D eigenvalue weighted by Crippen LogP contribution is 2.12. The van der Waals surface area contributed by atoms with Crippen molar-refractivity contribution in [2.45, 2.75) is 6.92 Å². The van der Waals surface area contributed by atoms with Crippen molar-refractivity contribution in [3.8, 4) is 0 Å². The first kappa shape index (κ1) is 11.1. The van der Waals surface area contributed by atoms with Crippen LogP contribution < -0.4 is 4.90 Å². The van der Waals surface area contributed by atoms with Gasteiger partial charge >= 0.3 is 0 Å². The summed E-state index contributed by atoms with van der Waals surface area (Å²) >= 11 is 0. The summed E-state index contributed by atoms with van der Waals surface area (Å²) in [5.41, 5.74) is 0. The summed E-state index contributed by atoms with van der Waals surface area (Å²) in [6.45, 7) is 6.00. The number of hydrogen-bond acceptors (Lipinski definition) is 4. The highest BCUT2D eigenvalue weighted by atomic mass is 16.1. The number of carbonyl (C=O) groups excluding carboxylic acids is 1. The second kappa shape index (κ2) is 5.07. The van der Waals surface area contributed by atoms with Crippen molar-refractivity contribution in [1.82, 2.24) is 9.88 Å². The Balaban J connectivity index is 1.88. The van der Waals surface area contributed by atoms with Gasteiger partial charge in [0.1, 0.15) is 11.6 Å². The van der Waals surface area contributed by atoms with Crippen LogP contribution in [-0.4, -0.2) is 48.4 Å². The summed E-state index contributed by atoms with van der Waals surface area (Å²) in [5, 5.41) is 0. The van der Waals surface area contributed by atoms with Gasteiger partial charge in [-0.15, -0.1) is 0 Å². The van der Waals surface area contributed by atoms with Crippen molar-refractivity contribution in [3.63, 3.8) is 0 Å². The predicted octanol–water partition coefficient (Wildman–Crippen LogP) is 0.793. The molecule has 0 aromatic carbocycles. The van der Waals surface area contributed by atoms with Crippen LogP contribution in [0, 0.1) is 0 Å². The van der Waals surface area contributed by atoms with E-state index in [0.717, 1.165) is 32.0 Å². The molecule has 0 spiro atoms. The number of nitrogens with zero attached hydrogens (tertiary/aromatic N) is 3. The van der Waals surface area contributed by atoms with Crippen molar-refractivity contribution < 1.29 is 4.79 Å². The van der Waals surface area contributed by atoms with E-state index in [0.29, 0.717) is 6.54 Å². The van der Waals surface area contributed by atoms with Crippen molar-refractivity contribution >= 4 is 11.6 Å². The standard InChI is InChI=1S/C12H17N3O/c1-11(16)10-14-6-8-15(9-7-14)12-4-2-3-5-13-12/h2-5H,6-10H2,1H3. The second-order valence-corrected chi connectivity index (χ2v) is 4.15. The highest BCUT2D eigenvalue weighted by Gasteiger charge is 2.18. The van der Waals surface area contributed by atoms with Crippen molar-refractivity contribution in [2.24, 2.45) is 0 Å². The van der Waals surface area contributed by atoms with E-state index in [4.69, 9.17) is 0 Å². The molecular formula is C12H17N3O. The van der Waals surface area contributed by atoms with Gasteiger partial charge in [0.2, 0.25) is 0 Å². The Morgan fingerprint density at radius 3 is 2.62 bits per heavy atom. The van der Waals surface area contributed by atoms with Crippen LogP contribution in [-0.2, 0) is 4.79 Å². The smallest absolute Gasteiger partial charge is 0.143 e.